The minimum atomic E-state index is 0.619. The fourth-order valence-corrected chi connectivity index (χ4v) is 2.22. The molecule has 0 saturated carbocycles. The predicted molar refractivity (Wildman–Crippen MR) is 81.4 cm³/mol. The van der Waals surface area contributed by atoms with Gasteiger partial charge in [-0.15, -0.1) is 0 Å². The van der Waals surface area contributed by atoms with Gasteiger partial charge in [0, 0.05) is 11.6 Å². The second-order valence-electron chi connectivity index (χ2n) is 4.06. The maximum Gasteiger partial charge on any atom is 0.119 e. The van der Waals surface area contributed by atoms with E-state index in [2.05, 4.69) is 5.32 Å². The summed E-state index contributed by atoms with van der Waals surface area (Å²) >= 11 is 12.0. The van der Waals surface area contributed by atoms with Crippen LogP contribution in [0.15, 0.2) is 42.5 Å². The number of nitrogens with one attached hydrogen (secondary N) is 1. The first-order valence-corrected chi connectivity index (χ1v) is 6.85. The number of hydrogen-bond donors (Lipinski definition) is 1. The van der Waals surface area contributed by atoms with Gasteiger partial charge in [-0.3, -0.25) is 0 Å². The van der Waals surface area contributed by atoms with E-state index in [0.717, 1.165) is 17.0 Å². The van der Waals surface area contributed by atoms with Crippen molar-refractivity contribution in [2.75, 3.05) is 11.9 Å². The summed E-state index contributed by atoms with van der Waals surface area (Å²) in [5.74, 6) is 0.879. The van der Waals surface area contributed by atoms with Gasteiger partial charge >= 0.3 is 0 Å². The van der Waals surface area contributed by atoms with Gasteiger partial charge in [0.05, 0.1) is 17.3 Å². The third-order valence-electron chi connectivity index (χ3n) is 2.62. The Morgan fingerprint density at radius 2 is 1.95 bits per heavy atom. The van der Waals surface area contributed by atoms with E-state index < -0.39 is 0 Å². The van der Waals surface area contributed by atoms with Crippen molar-refractivity contribution in [3.8, 4) is 5.75 Å². The minimum Gasteiger partial charge on any atom is -0.494 e. The number of anilines is 1. The lowest BCUT2D eigenvalue weighted by atomic mass is 10.2. The molecule has 0 aromatic heterocycles. The molecule has 0 aliphatic rings. The monoisotopic (exact) mass is 295 g/mol. The van der Waals surface area contributed by atoms with Crippen molar-refractivity contribution in [1.29, 1.82) is 0 Å². The first-order valence-electron chi connectivity index (χ1n) is 6.09. The molecule has 2 nitrogen and oxygen atoms in total. The Labute approximate surface area is 123 Å². The van der Waals surface area contributed by atoms with E-state index >= 15 is 0 Å². The van der Waals surface area contributed by atoms with E-state index in [1.165, 1.54) is 0 Å². The average Bonchev–Trinajstić information content (AvgIpc) is 2.38. The molecule has 100 valence electrons. The minimum absolute atomic E-state index is 0.619. The second-order valence-corrected chi connectivity index (χ2v) is 4.90. The van der Waals surface area contributed by atoms with Crippen LogP contribution in [0.3, 0.4) is 0 Å². The molecular formula is C15H15Cl2NO. The largest absolute Gasteiger partial charge is 0.494 e. The van der Waals surface area contributed by atoms with Gasteiger partial charge in [0.15, 0.2) is 0 Å². The fourth-order valence-electron chi connectivity index (χ4n) is 1.74. The Hall–Kier alpha value is -1.38. The number of hydrogen-bond acceptors (Lipinski definition) is 2. The molecule has 19 heavy (non-hydrogen) atoms. The van der Waals surface area contributed by atoms with Crippen LogP contribution in [-0.4, -0.2) is 6.61 Å². The van der Waals surface area contributed by atoms with Crippen molar-refractivity contribution >= 4 is 28.9 Å². The lowest BCUT2D eigenvalue weighted by Gasteiger charge is -2.10. The third kappa shape index (κ3) is 4.05. The van der Waals surface area contributed by atoms with E-state index in [0.29, 0.717) is 23.2 Å². The van der Waals surface area contributed by atoms with Crippen LogP contribution in [0.4, 0.5) is 5.69 Å². The summed E-state index contributed by atoms with van der Waals surface area (Å²) in [6.45, 7) is 3.32. The molecule has 0 radical (unpaired) electrons. The Morgan fingerprint density at radius 1 is 1.11 bits per heavy atom. The standard InChI is InChI=1S/C15H15Cl2NO/c1-2-19-13-5-3-4-11(8-13)10-18-15-7-6-12(16)9-14(15)17/h3-9,18H,2,10H2,1H3. The van der Waals surface area contributed by atoms with Gasteiger partial charge in [-0.1, -0.05) is 35.3 Å². The Morgan fingerprint density at radius 3 is 2.68 bits per heavy atom. The summed E-state index contributed by atoms with van der Waals surface area (Å²) in [4.78, 5) is 0. The van der Waals surface area contributed by atoms with Crippen LogP contribution in [0.1, 0.15) is 12.5 Å². The second kappa shape index (κ2) is 6.69. The molecule has 0 amide bonds. The Kier molecular flexibility index (Phi) is 4.94. The summed E-state index contributed by atoms with van der Waals surface area (Å²) in [6, 6.07) is 13.4. The van der Waals surface area contributed by atoms with Crippen molar-refractivity contribution in [3.63, 3.8) is 0 Å². The van der Waals surface area contributed by atoms with Crippen molar-refractivity contribution in [2.24, 2.45) is 0 Å². The molecule has 1 N–H and O–H groups in total. The summed E-state index contributed by atoms with van der Waals surface area (Å²) < 4.78 is 5.47. The maximum atomic E-state index is 6.11. The zero-order chi connectivity index (χ0) is 13.7. The van der Waals surface area contributed by atoms with Gasteiger partial charge in [-0.05, 0) is 42.8 Å². The molecule has 4 heteroatoms. The molecule has 2 aromatic carbocycles. The molecule has 0 aliphatic carbocycles. The Balaban J connectivity index is 2.03. The van der Waals surface area contributed by atoms with Crippen molar-refractivity contribution in [3.05, 3.63) is 58.1 Å². The van der Waals surface area contributed by atoms with Crippen molar-refractivity contribution in [2.45, 2.75) is 13.5 Å². The molecule has 0 aliphatic heterocycles. The van der Waals surface area contributed by atoms with Crippen LogP contribution < -0.4 is 10.1 Å². The van der Waals surface area contributed by atoms with Crippen molar-refractivity contribution < 1.29 is 4.74 Å². The van der Waals surface area contributed by atoms with E-state index in [-0.39, 0.29) is 0 Å². The first kappa shape index (κ1) is 14.0. The SMILES string of the molecule is CCOc1cccc(CNc2ccc(Cl)cc2Cl)c1. The summed E-state index contributed by atoms with van der Waals surface area (Å²) in [5, 5.41) is 4.53. The van der Waals surface area contributed by atoms with Gasteiger partial charge in [0.1, 0.15) is 5.75 Å². The molecular weight excluding hydrogens is 281 g/mol. The number of halogens is 2. The predicted octanol–water partition coefficient (Wildman–Crippen LogP) is 5.00. The van der Waals surface area contributed by atoms with Gasteiger partial charge in [-0.25, -0.2) is 0 Å². The molecule has 0 bridgehead atoms. The average molecular weight is 296 g/mol. The fraction of sp³-hybridized carbons (Fsp3) is 0.200. The first-order chi connectivity index (χ1) is 9.19. The number of rotatable bonds is 5. The number of ether oxygens (including phenoxy) is 1. The van der Waals surface area contributed by atoms with Crippen LogP contribution in [-0.2, 0) is 6.54 Å². The molecule has 0 unspecified atom stereocenters. The van der Waals surface area contributed by atoms with E-state index in [4.69, 9.17) is 27.9 Å². The van der Waals surface area contributed by atoms with Crippen molar-refractivity contribution in [1.82, 2.24) is 0 Å². The topological polar surface area (TPSA) is 21.3 Å². The van der Waals surface area contributed by atoms with E-state index in [1.54, 1.807) is 6.07 Å². The molecule has 0 heterocycles. The van der Waals surface area contributed by atoms with E-state index in [9.17, 15) is 0 Å². The van der Waals surface area contributed by atoms with Crippen LogP contribution in [0.2, 0.25) is 10.0 Å². The van der Waals surface area contributed by atoms with Gasteiger partial charge < -0.3 is 10.1 Å². The lowest BCUT2D eigenvalue weighted by Crippen LogP contribution is -2.00. The van der Waals surface area contributed by atoms with Crippen LogP contribution in [0.5, 0.6) is 5.75 Å². The molecule has 2 rings (SSSR count). The lowest BCUT2D eigenvalue weighted by molar-refractivity contribution is 0.340. The zero-order valence-electron chi connectivity index (χ0n) is 10.6. The molecule has 2 aromatic rings. The molecule has 0 saturated heterocycles. The normalized spacial score (nSPS) is 10.3. The highest BCUT2D eigenvalue weighted by Crippen LogP contribution is 2.26. The van der Waals surface area contributed by atoms with E-state index in [1.807, 2.05) is 43.3 Å². The highest BCUT2D eigenvalue weighted by Gasteiger charge is 2.01. The third-order valence-corrected chi connectivity index (χ3v) is 3.17. The van der Waals surface area contributed by atoms with Crippen LogP contribution >= 0.6 is 23.2 Å². The van der Waals surface area contributed by atoms with Crippen LogP contribution in [0, 0.1) is 0 Å². The van der Waals surface area contributed by atoms with Gasteiger partial charge in [-0.2, -0.15) is 0 Å². The maximum absolute atomic E-state index is 6.11. The quantitative estimate of drug-likeness (QED) is 0.838. The summed E-state index contributed by atoms with van der Waals surface area (Å²) in [5.41, 5.74) is 2.00. The Bertz CT molecular complexity index is 558. The molecule has 0 spiro atoms. The van der Waals surface area contributed by atoms with Gasteiger partial charge in [0.25, 0.3) is 0 Å². The smallest absolute Gasteiger partial charge is 0.119 e. The van der Waals surface area contributed by atoms with Gasteiger partial charge in [0.2, 0.25) is 0 Å². The summed E-state index contributed by atoms with van der Waals surface area (Å²) in [7, 11) is 0. The highest BCUT2D eigenvalue weighted by atomic mass is 35.5. The van der Waals surface area contributed by atoms with Crippen LogP contribution in [0.25, 0.3) is 0 Å². The zero-order valence-corrected chi connectivity index (χ0v) is 12.1. The molecule has 0 fully saturated rings. The summed E-state index contributed by atoms with van der Waals surface area (Å²) in [6.07, 6.45) is 0. The molecule has 0 atom stereocenters. The highest BCUT2D eigenvalue weighted by molar-refractivity contribution is 6.36. The number of benzene rings is 2.